The van der Waals surface area contributed by atoms with Gasteiger partial charge in [-0.05, 0) is 30.3 Å². The van der Waals surface area contributed by atoms with E-state index < -0.39 is 17.5 Å². The van der Waals surface area contributed by atoms with Crippen LogP contribution in [0.1, 0.15) is 10.4 Å². The van der Waals surface area contributed by atoms with E-state index in [0.29, 0.717) is 11.0 Å². The van der Waals surface area contributed by atoms with E-state index in [1.54, 1.807) is 0 Å². The number of carboxylic acid groups (broad SMARTS) is 1. The lowest BCUT2D eigenvalue weighted by atomic mass is 10.2. The molecule has 0 aliphatic rings. The first kappa shape index (κ1) is 13.4. The summed E-state index contributed by atoms with van der Waals surface area (Å²) < 4.78 is 15.1. The van der Waals surface area contributed by atoms with Gasteiger partial charge in [-0.15, -0.1) is 0 Å². The molecule has 0 bridgehead atoms. The molecule has 3 rings (SSSR count). The Morgan fingerprint density at radius 2 is 2.05 bits per heavy atom. The zero-order valence-electron chi connectivity index (χ0n) is 10.4. The second-order valence-electron chi connectivity index (χ2n) is 4.37. The highest BCUT2D eigenvalue weighted by molar-refractivity contribution is 6.32. The summed E-state index contributed by atoms with van der Waals surface area (Å²) in [5, 5.41) is 9.03. The van der Waals surface area contributed by atoms with Gasteiger partial charge in [-0.1, -0.05) is 17.7 Å². The highest BCUT2D eigenvalue weighted by atomic mass is 35.5. The van der Waals surface area contributed by atoms with Crippen molar-refractivity contribution >= 4 is 28.6 Å². The summed E-state index contributed by atoms with van der Waals surface area (Å²) in [5.74, 6) is -1.76. The second-order valence-corrected chi connectivity index (χ2v) is 4.78. The Morgan fingerprint density at radius 3 is 2.71 bits per heavy atom. The second kappa shape index (κ2) is 4.75. The number of nitrogens with one attached hydrogen (secondary N) is 1. The van der Waals surface area contributed by atoms with Crippen LogP contribution in [-0.4, -0.2) is 20.6 Å². The molecule has 0 amide bonds. The van der Waals surface area contributed by atoms with Crippen molar-refractivity contribution < 1.29 is 14.3 Å². The minimum Gasteiger partial charge on any atom is -0.478 e. The van der Waals surface area contributed by atoms with Crippen molar-refractivity contribution in [3.05, 3.63) is 63.3 Å². The van der Waals surface area contributed by atoms with E-state index in [1.807, 2.05) is 0 Å². The molecular weight excluding hydrogens is 299 g/mol. The number of aromatic amines is 1. The third kappa shape index (κ3) is 2.09. The summed E-state index contributed by atoms with van der Waals surface area (Å²) in [6, 6.07) is 8.17. The van der Waals surface area contributed by atoms with E-state index in [4.69, 9.17) is 16.7 Å². The lowest BCUT2D eigenvalue weighted by Gasteiger charge is -2.07. The molecule has 0 saturated heterocycles. The predicted octanol–water partition coefficient (Wildman–Crippen LogP) is 2.81. The number of carboxylic acids is 1. The fourth-order valence-electron chi connectivity index (χ4n) is 2.17. The van der Waals surface area contributed by atoms with E-state index in [0.717, 1.165) is 4.57 Å². The number of H-pyrrole nitrogens is 1. The van der Waals surface area contributed by atoms with E-state index in [9.17, 15) is 14.0 Å². The normalized spacial score (nSPS) is 11.0. The highest BCUT2D eigenvalue weighted by Crippen LogP contribution is 2.25. The molecule has 0 radical (unpaired) electrons. The zero-order chi connectivity index (χ0) is 15.1. The topological polar surface area (TPSA) is 75.1 Å². The van der Waals surface area contributed by atoms with Crippen molar-refractivity contribution in [1.29, 1.82) is 0 Å². The Kier molecular flexibility index (Phi) is 3.03. The molecule has 0 fully saturated rings. The third-order valence-corrected chi connectivity index (χ3v) is 3.40. The summed E-state index contributed by atoms with van der Waals surface area (Å²) in [4.78, 5) is 25.5. The molecule has 0 atom stereocenters. The number of hydrogen-bond donors (Lipinski definition) is 2. The maximum absolute atomic E-state index is 14.0. The van der Waals surface area contributed by atoms with Crippen molar-refractivity contribution in [2.75, 3.05) is 0 Å². The number of hydrogen-bond acceptors (Lipinski definition) is 2. The number of aromatic nitrogens is 2. The van der Waals surface area contributed by atoms with Gasteiger partial charge in [0, 0.05) is 0 Å². The van der Waals surface area contributed by atoms with Crippen LogP contribution >= 0.6 is 11.6 Å². The van der Waals surface area contributed by atoms with Crippen molar-refractivity contribution in [2.24, 2.45) is 0 Å². The number of imidazole rings is 1. The summed E-state index contributed by atoms with van der Waals surface area (Å²) >= 11 is 5.97. The Balaban J connectivity index is 2.36. The molecule has 3 aromatic rings. The first-order chi connectivity index (χ1) is 9.99. The minimum absolute atomic E-state index is 0.0236. The van der Waals surface area contributed by atoms with Crippen LogP contribution in [0.3, 0.4) is 0 Å². The molecule has 0 aliphatic heterocycles. The van der Waals surface area contributed by atoms with Crippen LogP contribution in [0.2, 0.25) is 5.02 Å². The minimum atomic E-state index is -1.12. The molecule has 21 heavy (non-hydrogen) atoms. The molecular formula is C14H8ClFN2O3. The maximum Gasteiger partial charge on any atom is 0.335 e. The van der Waals surface area contributed by atoms with Crippen LogP contribution in [-0.2, 0) is 0 Å². The van der Waals surface area contributed by atoms with Crippen LogP contribution in [0, 0.1) is 5.82 Å². The fraction of sp³-hybridized carbons (Fsp3) is 0. The third-order valence-electron chi connectivity index (χ3n) is 3.09. The van der Waals surface area contributed by atoms with Gasteiger partial charge < -0.3 is 10.1 Å². The lowest BCUT2D eigenvalue weighted by molar-refractivity contribution is 0.0697. The average Bonchev–Trinajstić information content (AvgIpc) is 2.74. The standard InChI is InChI=1S/C14H8ClFN2O3/c15-8-2-1-3-9(16)12(8)18-11-5-4-7(13(19)20)6-10(11)17-14(18)21/h1-6H,(H,17,21)(H,19,20). The number of fused-ring (bicyclic) bond motifs is 1. The van der Waals surface area contributed by atoms with Crippen molar-refractivity contribution in [1.82, 2.24) is 9.55 Å². The molecule has 106 valence electrons. The quantitative estimate of drug-likeness (QED) is 0.764. The summed E-state index contributed by atoms with van der Waals surface area (Å²) in [7, 11) is 0. The fourth-order valence-corrected chi connectivity index (χ4v) is 2.42. The van der Waals surface area contributed by atoms with Gasteiger partial charge in [0.1, 0.15) is 11.5 Å². The number of carbonyl (C=O) groups is 1. The number of para-hydroxylation sites is 1. The Hall–Kier alpha value is -2.60. The molecule has 0 saturated carbocycles. The summed E-state index contributed by atoms with van der Waals surface area (Å²) in [5.41, 5.74) is -0.00946. The van der Waals surface area contributed by atoms with Gasteiger partial charge in [-0.25, -0.2) is 14.0 Å². The van der Waals surface area contributed by atoms with Crippen LogP contribution < -0.4 is 5.69 Å². The summed E-state index contributed by atoms with van der Waals surface area (Å²) in [6.45, 7) is 0. The van der Waals surface area contributed by atoms with Crippen molar-refractivity contribution in [3.8, 4) is 5.69 Å². The van der Waals surface area contributed by atoms with Gasteiger partial charge >= 0.3 is 11.7 Å². The zero-order valence-corrected chi connectivity index (χ0v) is 11.2. The van der Waals surface area contributed by atoms with Gasteiger partial charge in [0.15, 0.2) is 0 Å². The summed E-state index contributed by atoms with van der Waals surface area (Å²) in [6.07, 6.45) is 0. The molecule has 5 nitrogen and oxygen atoms in total. The number of rotatable bonds is 2. The largest absolute Gasteiger partial charge is 0.478 e. The van der Waals surface area contributed by atoms with E-state index in [-0.39, 0.29) is 16.3 Å². The Morgan fingerprint density at radius 1 is 1.29 bits per heavy atom. The number of aromatic carboxylic acids is 1. The smallest absolute Gasteiger partial charge is 0.335 e. The van der Waals surface area contributed by atoms with Gasteiger partial charge in [-0.3, -0.25) is 4.57 Å². The molecule has 0 unspecified atom stereocenters. The molecule has 2 aromatic carbocycles. The monoisotopic (exact) mass is 306 g/mol. The van der Waals surface area contributed by atoms with E-state index in [2.05, 4.69) is 4.98 Å². The molecule has 0 spiro atoms. The predicted molar refractivity (Wildman–Crippen MR) is 75.8 cm³/mol. The average molecular weight is 307 g/mol. The molecule has 1 heterocycles. The van der Waals surface area contributed by atoms with Crippen molar-refractivity contribution in [3.63, 3.8) is 0 Å². The SMILES string of the molecule is O=C(O)c1ccc2c(c1)[nH]c(=O)n2-c1c(F)cccc1Cl. The van der Waals surface area contributed by atoms with Crippen molar-refractivity contribution in [2.45, 2.75) is 0 Å². The first-order valence-corrected chi connectivity index (χ1v) is 6.29. The van der Waals surface area contributed by atoms with Gasteiger partial charge in [0.2, 0.25) is 0 Å². The van der Waals surface area contributed by atoms with Crippen LogP contribution in [0.5, 0.6) is 0 Å². The van der Waals surface area contributed by atoms with Gasteiger partial charge in [0.25, 0.3) is 0 Å². The maximum atomic E-state index is 14.0. The van der Waals surface area contributed by atoms with E-state index in [1.165, 1.54) is 36.4 Å². The Bertz CT molecular complexity index is 909. The number of nitrogens with zero attached hydrogens (tertiary/aromatic N) is 1. The molecule has 7 heteroatoms. The number of benzene rings is 2. The molecule has 2 N–H and O–H groups in total. The van der Waals surface area contributed by atoms with Gasteiger partial charge in [0.05, 0.1) is 21.6 Å². The Labute approximate surface area is 122 Å². The lowest BCUT2D eigenvalue weighted by Crippen LogP contribution is -2.16. The van der Waals surface area contributed by atoms with Crippen LogP contribution in [0.25, 0.3) is 16.7 Å². The first-order valence-electron chi connectivity index (χ1n) is 5.91. The molecule has 1 aromatic heterocycles. The molecule has 0 aliphatic carbocycles. The van der Waals surface area contributed by atoms with E-state index >= 15 is 0 Å². The van der Waals surface area contributed by atoms with Gasteiger partial charge in [-0.2, -0.15) is 0 Å². The van der Waals surface area contributed by atoms with Crippen LogP contribution in [0.15, 0.2) is 41.2 Å². The van der Waals surface area contributed by atoms with Crippen LogP contribution in [0.4, 0.5) is 4.39 Å². The number of halogens is 2. The highest BCUT2D eigenvalue weighted by Gasteiger charge is 2.16.